The van der Waals surface area contributed by atoms with Crippen molar-refractivity contribution in [3.63, 3.8) is 0 Å². The number of anilines is 5. The summed E-state index contributed by atoms with van der Waals surface area (Å²) in [4.78, 5) is 13.3. The van der Waals surface area contributed by atoms with Gasteiger partial charge in [0.05, 0.1) is 24.4 Å². The lowest BCUT2D eigenvalue weighted by Crippen LogP contribution is -2.38. The summed E-state index contributed by atoms with van der Waals surface area (Å²) in [5.41, 5.74) is 21.6. The van der Waals surface area contributed by atoms with Gasteiger partial charge in [-0.1, -0.05) is 32.3 Å². The molecule has 1 fully saturated rings. The third kappa shape index (κ3) is 4.87. The van der Waals surface area contributed by atoms with E-state index in [-0.39, 0.29) is 18.4 Å². The first-order valence-corrected chi connectivity index (χ1v) is 12.0. The third-order valence-electron chi connectivity index (χ3n) is 6.56. The summed E-state index contributed by atoms with van der Waals surface area (Å²) in [5, 5.41) is 12.9. The van der Waals surface area contributed by atoms with E-state index in [4.69, 9.17) is 26.9 Å². The van der Waals surface area contributed by atoms with Gasteiger partial charge in [-0.2, -0.15) is 15.2 Å². The van der Waals surface area contributed by atoms with Crippen LogP contribution < -0.4 is 32.3 Å². The molecule has 1 aromatic heterocycles. The number of nitrogens with two attached hydrogens (primary N) is 3. The number of rotatable bonds is 9. The predicted molar refractivity (Wildman–Crippen MR) is 135 cm³/mol. The molecule has 2 aliphatic rings. The number of ether oxygens (including phenoxy) is 1. The van der Waals surface area contributed by atoms with Gasteiger partial charge in [0.1, 0.15) is 11.9 Å². The molecule has 2 aromatic rings. The normalized spacial score (nSPS) is 21.6. The van der Waals surface area contributed by atoms with E-state index in [9.17, 15) is 5.26 Å². The van der Waals surface area contributed by atoms with Gasteiger partial charge in [-0.05, 0) is 30.5 Å². The van der Waals surface area contributed by atoms with Crippen molar-refractivity contribution in [3.05, 3.63) is 29.3 Å². The first kappa shape index (κ1) is 24.0. The molecule has 1 saturated heterocycles. The van der Waals surface area contributed by atoms with Crippen LogP contribution in [0.3, 0.4) is 0 Å². The van der Waals surface area contributed by atoms with Crippen LogP contribution in [0.5, 0.6) is 0 Å². The second-order valence-electron chi connectivity index (χ2n) is 9.10. The van der Waals surface area contributed by atoms with E-state index in [1.165, 1.54) is 19.3 Å². The fourth-order valence-corrected chi connectivity index (χ4v) is 4.70. The van der Waals surface area contributed by atoms with E-state index in [0.29, 0.717) is 42.8 Å². The van der Waals surface area contributed by atoms with Crippen molar-refractivity contribution in [2.24, 2.45) is 11.5 Å². The Hall–Kier alpha value is -3.13. The molecule has 3 unspecified atom stereocenters. The topological polar surface area (TPSA) is 155 Å². The number of unbranched alkanes of at least 4 members (excludes halogenated alkanes) is 3. The zero-order chi connectivity index (χ0) is 24.2. The molecule has 10 heteroatoms. The number of benzene rings is 1. The molecule has 182 valence electrons. The molecular weight excluding hydrogens is 430 g/mol. The van der Waals surface area contributed by atoms with E-state index in [1.807, 2.05) is 35.0 Å². The fraction of sp³-hybridized carbons (Fsp3) is 0.542. The van der Waals surface area contributed by atoms with Crippen molar-refractivity contribution >= 4 is 29.0 Å². The molecule has 10 nitrogen and oxygen atoms in total. The van der Waals surface area contributed by atoms with Crippen molar-refractivity contribution in [1.29, 1.82) is 5.26 Å². The zero-order valence-corrected chi connectivity index (χ0v) is 20.0. The highest BCUT2D eigenvalue weighted by Crippen LogP contribution is 2.41. The zero-order valence-electron chi connectivity index (χ0n) is 20.0. The summed E-state index contributed by atoms with van der Waals surface area (Å²) in [6.07, 6.45) is 5.82. The highest BCUT2D eigenvalue weighted by atomic mass is 16.5. The molecule has 3 atom stereocenters. The van der Waals surface area contributed by atoms with Crippen molar-refractivity contribution < 1.29 is 4.74 Å². The summed E-state index contributed by atoms with van der Waals surface area (Å²) < 4.78 is 6.09. The van der Waals surface area contributed by atoms with Crippen molar-refractivity contribution in [1.82, 2.24) is 9.97 Å². The first-order chi connectivity index (χ1) is 16.4. The highest BCUT2D eigenvalue weighted by molar-refractivity contribution is 5.83. The highest BCUT2D eigenvalue weighted by Gasteiger charge is 2.40. The van der Waals surface area contributed by atoms with Gasteiger partial charge in [-0.3, -0.25) is 0 Å². The first-order valence-electron chi connectivity index (χ1n) is 12.0. The molecule has 4 rings (SSSR count). The van der Waals surface area contributed by atoms with Crippen molar-refractivity contribution in [3.8, 4) is 6.07 Å². The van der Waals surface area contributed by atoms with E-state index < -0.39 is 0 Å². The fourth-order valence-electron chi connectivity index (χ4n) is 4.70. The number of aromatic nitrogens is 2. The number of nitrogen functional groups attached to an aromatic ring is 1. The van der Waals surface area contributed by atoms with Gasteiger partial charge >= 0.3 is 0 Å². The van der Waals surface area contributed by atoms with Crippen molar-refractivity contribution in [2.75, 3.05) is 41.1 Å². The van der Waals surface area contributed by atoms with Gasteiger partial charge < -0.3 is 37.1 Å². The maximum atomic E-state index is 9.66. The van der Waals surface area contributed by atoms with E-state index in [2.05, 4.69) is 23.3 Å². The quantitative estimate of drug-likeness (QED) is 0.406. The number of aryl methyl sites for hydroxylation is 1. The number of nitriles is 1. The van der Waals surface area contributed by atoms with Gasteiger partial charge in [-0.15, -0.1) is 0 Å². The number of hydrogen-bond acceptors (Lipinski definition) is 10. The van der Waals surface area contributed by atoms with Crippen LogP contribution in [0.4, 0.5) is 29.0 Å². The Bertz CT molecular complexity index is 1050. The van der Waals surface area contributed by atoms with E-state index in [1.54, 1.807) is 0 Å². The molecule has 0 amide bonds. The second-order valence-corrected chi connectivity index (χ2v) is 9.10. The predicted octanol–water partition coefficient (Wildman–Crippen LogP) is 2.41. The monoisotopic (exact) mass is 465 g/mol. The Balaban J connectivity index is 1.54. The van der Waals surface area contributed by atoms with Crippen LogP contribution in [0.25, 0.3) is 0 Å². The Kier molecular flexibility index (Phi) is 7.36. The number of hydrogen-bond donors (Lipinski definition) is 4. The molecule has 0 spiro atoms. The number of nitrogens with one attached hydrogen (secondary N) is 1. The Morgan fingerprint density at radius 1 is 1.26 bits per heavy atom. The van der Waals surface area contributed by atoms with Gasteiger partial charge in [0.15, 0.2) is 11.6 Å². The van der Waals surface area contributed by atoms with Crippen LogP contribution in [0.15, 0.2) is 18.2 Å². The van der Waals surface area contributed by atoms with Crippen molar-refractivity contribution in [2.45, 2.75) is 63.8 Å². The summed E-state index contributed by atoms with van der Waals surface area (Å²) in [5.74, 6) is 1.44. The third-order valence-corrected chi connectivity index (χ3v) is 6.56. The minimum Gasteiger partial charge on any atom is -0.382 e. The Morgan fingerprint density at radius 2 is 2.09 bits per heavy atom. The van der Waals surface area contributed by atoms with Crippen LogP contribution >= 0.6 is 0 Å². The SMILES string of the molecule is CCCCCCc1ccc(Nc2nc(N)c3c(n2)N(C2CC(N)C(CN)O2)CN3C)cc1C#N. The standard InChI is InChI=1S/C24H35N9O/c1-3-4-5-6-7-15-8-9-17(10-16(15)12-25)29-24-30-22(28)21-23(31-24)33(14-32(21)2)20-11-18(27)19(13-26)34-20/h8-10,18-20H,3-7,11,13-14,26-27H2,1-2H3,(H3,28,29,30,31). The van der Waals surface area contributed by atoms with Crippen LogP contribution in [0.1, 0.15) is 50.2 Å². The van der Waals surface area contributed by atoms with Gasteiger partial charge in [0, 0.05) is 31.7 Å². The molecule has 0 saturated carbocycles. The summed E-state index contributed by atoms with van der Waals surface area (Å²) in [6.45, 7) is 3.14. The minimum absolute atomic E-state index is 0.119. The largest absolute Gasteiger partial charge is 0.382 e. The summed E-state index contributed by atoms with van der Waals surface area (Å²) >= 11 is 0. The van der Waals surface area contributed by atoms with E-state index in [0.717, 1.165) is 29.8 Å². The van der Waals surface area contributed by atoms with Crippen LogP contribution in [-0.4, -0.2) is 48.6 Å². The smallest absolute Gasteiger partial charge is 0.231 e. The molecule has 0 aliphatic carbocycles. The summed E-state index contributed by atoms with van der Waals surface area (Å²) in [6, 6.07) is 8.01. The average Bonchev–Trinajstić information content (AvgIpc) is 3.36. The Labute approximate surface area is 201 Å². The molecule has 34 heavy (non-hydrogen) atoms. The lowest BCUT2D eigenvalue weighted by atomic mass is 10.0. The molecule has 2 aliphatic heterocycles. The number of nitrogens with zero attached hydrogens (tertiary/aromatic N) is 5. The van der Waals surface area contributed by atoms with Gasteiger partial charge in [-0.25, -0.2) is 0 Å². The number of fused-ring (bicyclic) bond motifs is 1. The molecule has 1 aromatic carbocycles. The average molecular weight is 466 g/mol. The lowest BCUT2D eigenvalue weighted by molar-refractivity contribution is 0.0458. The van der Waals surface area contributed by atoms with Crippen LogP contribution in [0.2, 0.25) is 0 Å². The van der Waals surface area contributed by atoms with Crippen LogP contribution in [-0.2, 0) is 11.2 Å². The molecule has 3 heterocycles. The van der Waals surface area contributed by atoms with E-state index >= 15 is 0 Å². The minimum atomic E-state index is -0.230. The molecule has 0 radical (unpaired) electrons. The molecule has 7 N–H and O–H groups in total. The van der Waals surface area contributed by atoms with Gasteiger partial charge in [0.2, 0.25) is 5.95 Å². The second kappa shape index (κ2) is 10.4. The molecule has 0 bridgehead atoms. The Morgan fingerprint density at radius 3 is 2.79 bits per heavy atom. The maximum absolute atomic E-state index is 9.66. The lowest BCUT2D eigenvalue weighted by Gasteiger charge is -2.25. The van der Waals surface area contributed by atoms with Crippen LogP contribution in [0, 0.1) is 11.3 Å². The van der Waals surface area contributed by atoms with Gasteiger partial charge in [0.25, 0.3) is 0 Å². The maximum Gasteiger partial charge on any atom is 0.231 e. The summed E-state index contributed by atoms with van der Waals surface area (Å²) in [7, 11) is 1.94. The molecular formula is C24H35N9O.